The van der Waals surface area contributed by atoms with Gasteiger partial charge in [0.2, 0.25) is 5.54 Å². The molecule has 1 aliphatic rings. The van der Waals surface area contributed by atoms with Crippen LogP contribution in [0.1, 0.15) is 88.7 Å². The molecule has 2 unspecified atom stereocenters. The Kier molecular flexibility index (Phi) is 11.6. The first-order valence-corrected chi connectivity index (χ1v) is 13.9. The zero-order chi connectivity index (χ0) is 25.6. The largest absolute Gasteiger partial charge is 0.300 e. The quantitative estimate of drug-likeness (QED) is 0.149. The van der Waals surface area contributed by atoms with Crippen LogP contribution >= 0.6 is 0 Å². The van der Waals surface area contributed by atoms with Crippen molar-refractivity contribution in [2.45, 2.75) is 96.1 Å². The molecule has 3 rings (SSSR count). The van der Waals surface area contributed by atoms with E-state index >= 15 is 0 Å². The molecule has 0 N–H and O–H groups in total. The summed E-state index contributed by atoms with van der Waals surface area (Å²) < 4.78 is 0. The number of carbonyl (C=O) groups excluding carboxylic acids is 1. The molecule has 1 heterocycles. The first-order valence-electron chi connectivity index (χ1n) is 13.9. The van der Waals surface area contributed by atoms with Crippen LogP contribution in [0.3, 0.4) is 0 Å². The molecule has 1 fully saturated rings. The third-order valence-corrected chi connectivity index (χ3v) is 7.71. The van der Waals surface area contributed by atoms with Crippen LogP contribution < -0.4 is 0 Å². The van der Waals surface area contributed by atoms with E-state index < -0.39 is 5.54 Å². The first kappa shape index (κ1) is 28.0. The zero-order valence-corrected chi connectivity index (χ0v) is 22.1. The van der Waals surface area contributed by atoms with Crippen molar-refractivity contribution >= 4 is 5.78 Å². The summed E-state index contributed by atoms with van der Waals surface area (Å²) in [5.74, 6) is 0.593. The Balaban J connectivity index is 1.61. The summed E-state index contributed by atoms with van der Waals surface area (Å²) in [6, 6.07) is 20.8. The minimum Gasteiger partial charge on any atom is -0.300 e. The van der Waals surface area contributed by atoms with Crippen molar-refractivity contribution in [3.05, 3.63) is 81.9 Å². The third-order valence-electron chi connectivity index (χ3n) is 7.71. The van der Waals surface area contributed by atoms with E-state index in [0.29, 0.717) is 31.7 Å². The van der Waals surface area contributed by atoms with Crippen LogP contribution in [-0.4, -0.2) is 34.2 Å². The number of hydrogen-bond acceptors (Lipinski definition) is 4. The minimum atomic E-state index is -0.883. The molecular weight excluding hydrogens is 448 g/mol. The van der Waals surface area contributed by atoms with Gasteiger partial charge in [0.05, 0.1) is 6.54 Å². The van der Waals surface area contributed by atoms with E-state index in [1.807, 2.05) is 24.3 Å². The standard InChI is InChI=1S/C31H44N2O3/c1-27(34)15-9-5-3-2-4-6-14-21-31(33(35)36)24-30(23-28-16-10-7-11-17-28)20-22-32(26-31)25-29-18-12-8-13-19-29/h7-8,10-13,16-19,30H,2-6,9,14-15,20-26H2,1H3. The molecule has 2 aromatic carbocycles. The molecule has 36 heavy (non-hydrogen) atoms. The van der Waals surface area contributed by atoms with Gasteiger partial charge in [0.15, 0.2) is 0 Å². The monoisotopic (exact) mass is 492 g/mol. The molecule has 0 radical (unpaired) electrons. The van der Waals surface area contributed by atoms with Crippen molar-refractivity contribution in [2.75, 3.05) is 13.1 Å². The second-order valence-electron chi connectivity index (χ2n) is 10.9. The van der Waals surface area contributed by atoms with Gasteiger partial charge in [0.1, 0.15) is 5.78 Å². The maximum atomic E-state index is 12.7. The van der Waals surface area contributed by atoms with Gasteiger partial charge in [-0.2, -0.15) is 0 Å². The van der Waals surface area contributed by atoms with Gasteiger partial charge >= 0.3 is 0 Å². The first-order chi connectivity index (χ1) is 17.5. The molecule has 196 valence electrons. The number of Topliss-reactive ketones (excluding diaryl/α,β-unsaturated/α-hetero) is 1. The Morgan fingerprint density at radius 2 is 1.50 bits per heavy atom. The molecule has 0 bridgehead atoms. The summed E-state index contributed by atoms with van der Waals surface area (Å²) in [7, 11) is 0. The average Bonchev–Trinajstić information content (AvgIpc) is 3.04. The van der Waals surface area contributed by atoms with Crippen LogP contribution in [0.15, 0.2) is 60.7 Å². The number of ketones is 1. The van der Waals surface area contributed by atoms with Gasteiger partial charge in [-0.25, -0.2) is 0 Å². The maximum Gasteiger partial charge on any atom is 0.235 e. The lowest BCUT2D eigenvalue weighted by molar-refractivity contribution is -0.574. The highest BCUT2D eigenvalue weighted by Gasteiger charge is 2.47. The lowest BCUT2D eigenvalue weighted by atomic mass is 9.81. The molecule has 0 aliphatic carbocycles. The van der Waals surface area contributed by atoms with E-state index in [4.69, 9.17) is 0 Å². The van der Waals surface area contributed by atoms with E-state index in [1.54, 1.807) is 6.92 Å². The Morgan fingerprint density at radius 1 is 0.917 bits per heavy atom. The van der Waals surface area contributed by atoms with Crippen molar-refractivity contribution in [1.82, 2.24) is 4.90 Å². The van der Waals surface area contributed by atoms with Crippen molar-refractivity contribution in [1.29, 1.82) is 0 Å². The van der Waals surface area contributed by atoms with Gasteiger partial charge in [-0.05, 0) is 56.2 Å². The fourth-order valence-corrected chi connectivity index (χ4v) is 5.78. The molecule has 1 aliphatic heterocycles. The fourth-order valence-electron chi connectivity index (χ4n) is 5.78. The van der Waals surface area contributed by atoms with Crippen LogP contribution in [0.5, 0.6) is 0 Å². The van der Waals surface area contributed by atoms with E-state index in [0.717, 1.165) is 70.9 Å². The Bertz CT molecular complexity index is 864. The smallest absolute Gasteiger partial charge is 0.235 e. The van der Waals surface area contributed by atoms with Gasteiger partial charge in [-0.15, -0.1) is 0 Å². The van der Waals surface area contributed by atoms with Crippen LogP contribution in [0.4, 0.5) is 0 Å². The second-order valence-corrected chi connectivity index (χ2v) is 10.9. The number of rotatable bonds is 15. The SMILES string of the molecule is CC(=O)CCCCCCCCCC1([N+](=O)[O-])CC(Cc2ccccc2)CCN(Cc2ccccc2)C1. The number of hydrogen-bond donors (Lipinski definition) is 0. The predicted octanol–water partition coefficient (Wildman–Crippen LogP) is 7.26. The number of likely N-dealkylation sites (tertiary alicyclic amines) is 1. The van der Waals surface area contributed by atoms with Gasteiger partial charge in [0, 0.05) is 30.7 Å². The van der Waals surface area contributed by atoms with E-state index in [1.165, 1.54) is 11.1 Å². The third kappa shape index (κ3) is 9.50. The molecule has 0 aromatic heterocycles. The summed E-state index contributed by atoms with van der Waals surface area (Å²) in [5, 5.41) is 12.7. The zero-order valence-electron chi connectivity index (χ0n) is 22.1. The van der Waals surface area contributed by atoms with Crippen LogP contribution in [0.25, 0.3) is 0 Å². The van der Waals surface area contributed by atoms with Crippen molar-refractivity contribution in [3.8, 4) is 0 Å². The predicted molar refractivity (Wildman–Crippen MR) is 147 cm³/mol. The number of nitrogens with zero attached hydrogens (tertiary/aromatic N) is 2. The Hall–Kier alpha value is -2.53. The highest BCUT2D eigenvalue weighted by atomic mass is 16.6. The van der Waals surface area contributed by atoms with E-state index in [9.17, 15) is 14.9 Å². The lowest BCUT2D eigenvalue weighted by Gasteiger charge is -2.30. The van der Waals surface area contributed by atoms with Crippen molar-refractivity contribution in [2.24, 2.45) is 5.92 Å². The van der Waals surface area contributed by atoms with Gasteiger partial charge in [-0.3, -0.25) is 15.0 Å². The highest BCUT2D eigenvalue weighted by molar-refractivity contribution is 5.75. The molecule has 0 saturated carbocycles. The number of benzene rings is 2. The number of nitro groups is 1. The summed E-state index contributed by atoms with van der Waals surface area (Å²) in [6.07, 6.45) is 11.4. The molecular formula is C31H44N2O3. The Morgan fingerprint density at radius 3 is 2.11 bits per heavy atom. The lowest BCUT2D eigenvalue weighted by Crippen LogP contribution is -2.48. The average molecular weight is 493 g/mol. The fraction of sp³-hybridized carbons (Fsp3) is 0.581. The molecule has 2 aromatic rings. The molecule has 5 heteroatoms. The molecule has 1 saturated heterocycles. The summed E-state index contributed by atoms with van der Waals surface area (Å²) >= 11 is 0. The number of unbranched alkanes of at least 4 members (excludes halogenated alkanes) is 6. The topological polar surface area (TPSA) is 63.4 Å². The minimum absolute atomic E-state index is 0.0655. The summed E-state index contributed by atoms with van der Waals surface area (Å²) in [6.45, 7) is 3.87. The van der Waals surface area contributed by atoms with Crippen LogP contribution in [-0.2, 0) is 17.8 Å². The highest BCUT2D eigenvalue weighted by Crippen LogP contribution is 2.35. The van der Waals surface area contributed by atoms with Gasteiger partial charge in [-0.1, -0.05) is 92.8 Å². The molecule has 0 amide bonds. The van der Waals surface area contributed by atoms with Crippen molar-refractivity contribution in [3.63, 3.8) is 0 Å². The molecule has 5 nitrogen and oxygen atoms in total. The second kappa shape index (κ2) is 14.9. The van der Waals surface area contributed by atoms with Gasteiger partial charge in [0.25, 0.3) is 0 Å². The van der Waals surface area contributed by atoms with Crippen LogP contribution in [0, 0.1) is 16.0 Å². The maximum absolute atomic E-state index is 12.7. The van der Waals surface area contributed by atoms with Crippen LogP contribution in [0.2, 0.25) is 0 Å². The van der Waals surface area contributed by atoms with E-state index in [-0.39, 0.29) is 10.7 Å². The Labute approximate surface area is 217 Å². The molecule has 2 atom stereocenters. The number of carbonyl (C=O) groups is 1. The normalized spacial score (nSPS) is 20.6. The van der Waals surface area contributed by atoms with Gasteiger partial charge < -0.3 is 4.79 Å². The summed E-state index contributed by atoms with van der Waals surface area (Å²) in [4.78, 5) is 26.1. The van der Waals surface area contributed by atoms with E-state index in [2.05, 4.69) is 41.3 Å². The van der Waals surface area contributed by atoms with Crippen molar-refractivity contribution < 1.29 is 9.72 Å². The molecule has 0 spiro atoms. The summed E-state index contributed by atoms with van der Waals surface area (Å²) in [5.41, 5.74) is 1.62.